The molecule has 206 valence electrons. The summed E-state index contributed by atoms with van der Waals surface area (Å²) in [6, 6.07) is 11.3. The van der Waals surface area contributed by atoms with Crippen molar-refractivity contribution >= 4 is 49.2 Å². The molecule has 0 aliphatic carbocycles. The van der Waals surface area contributed by atoms with Crippen LogP contribution in [0.2, 0.25) is 0 Å². The summed E-state index contributed by atoms with van der Waals surface area (Å²) < 4.78 is 26.2. The van der Waals surface area contributed by atoms with E-state index >= 15 is 0 Å². The molecular weight excluding hydrogens is 532 g/mol. The SMILES string of the molecule is C=C(NC(=O)C(=C)n1cnc2c(-c3ccc4nn(C(C)C)cc4c3)cccc2c1=O)C(=O)N1CCS(=O)(=O)CC1. The maximum absolute atomic E-state index is 13.4. The van der Waals surface area contributed by atoms with Gasteiger partial charge in [-0.2, -0.15) is 5.10 Å². The van der Waals surface area contributed by atoms with E-state index in [4.69, 9.17) is 0 Å². The van der Waals surface area contributed by atoms with Crippen molar-refractivity contribution in [2.75, 3.05) is 24.6 Å². The van der Waals surface area contributed by atoms with Gasteiger partial charge in [-0.15, -0.1) is 0 Å². The minimum absolute atomic E-state index is 0.0143. The van der Waals surface area contributed by atoms with Crippen LogP contribution in [0.1, 0.15) is 19.9 Å². The molecule has 1 aliphatic rings. The Morgan fingerprint density at radius 3 is 2.50 bits per heavy atom. The van der Waals surface area contributed by atoms with Crippen LogP contribution in [0.5, 0.6) is 0 Å². The van der Waals surface area contributed by atoms with Crippen molar-refractivity contribution < 1.29 is 18.0 Å². The summed E-state index contributed by atoms with van der Waals surface area (Å²) in [6.07, 6.45) is 3.20. The summed E-state index contributed by atoms with van der Waals surface area (Å²) in [5.74, 6) is -1.71. The van der Waals surface area contributed by atoms with Crippen molar-refractivity contribution in [2.45, 2.75) is 19.9 Å². The maximum Gasteiger partial charge on any atom is 0.272 e. The average molecular weight is 561 g/mol. The second kappa shape index (κ2) is 10.2. The van der Waals surface area contributed by atoms with E-state index in [1.807, 2.05) is 35.1 Å². The van der Waals surface area contributed by atoms with Crippen molar-refractivity contribution in [2.24, 2.45) is 0 Å². The Labute approximate surface area is 230 Å². The quantitative estimate of drug-likeness (QED) is 0.358. The van der Waals surface area contributed by atoms with E-state index < -0.39 is 27.2 Å². The third kappa shape index (κ3) is 5.05. The molecule has 0 bridgehead atoms. The first-order chi connectivity index (χ1) is 18.9. The van der Waals surface area contributed by atoms with E-state index in [0.29, 0.717) is 5.52 Å². The van der Waals surface area contributed by atoms with Gasteiger partial charge in [0, 0.05) is 36.3 Å². The predicted molar refractivity (Wildman–Crippen MR) is 153 cm³/mol. The Hall–Kier alpha value is -4.58. The fraction of sp³-hybridized carbons (Fsp3) is 0.250. The summed E-state index contributed by atoms with van der Waals surface area (Å²) in [5.41, 5.74) is 1.95. The lowest BCUT2D eigenvalue weighted by Crippen LogP contribution is -2.46. The molecule has 4 aromatic rings. The largest absolute Gasteiger partial charge is 0.335 e. The Kier molecular flexibility index (Phi) is 6.88. The Morgan fingerprint density at radius 1 is 1.07 bits per heavy atom. The van der Waals surface area contributed by atoms with Crippen LogP contribution in [-0.2, 0) is 19.4 Å². The van der Waals surface area contributed by atoms with Crippen molar-refractivity contribution in [1.82, 2.24) is 29.5 Å². The van der Waals surface area contributed by atoms with Crippen LogP contribution in [-0.4, -0.2) is 69.1 Å². The number of para-hydroxylation sites is 1. The van der Waals surface area contributed by atoms with Crippen LogP contribution in [0.25, 0.3) is 38.6 Å². The molecule has 1 N–H and O–H groups in total. The van der Waals surface area contributed by atoms with E-state index in [9.17, 15) is 22.8 Å². The van der Waals surface area contributed by atoms with Crippen LogP contribution >= 0.6 is 0 Å². The molecule has 40 heavy (non-hydrogen) atoms. The third-order valence-corrected chi connectivity index (χ3v) is 8.47. The molecular formula is C28H28N6O5S. The van der Waals surface area contributed by atoms with Crippen molar-refractivity contribution in [1.29, 1.82) is 0 Å². The highest BCUT2D eigenvalue weighted by Crippen LogP contribution is 2.29. The number of nitrogens with one attached hydrogen (secondary N) is 1. The molecule has 0 unspecified atom stereocenters. The van der Waals surface area contributed by atoms with Gasteiger partial charge < -0.3 is 10.2 Å². The van der Waals surface area contributed by atoms with Crippen LogP contribution in [0.3, 0.4) is 0 Å². The highest BCUT2D eigenvalue weighted by Gasteiger charge is 2.27. The summed E-state index contributed by atoms with van der Waals surface area (Å²) >= 11 is 0. The first-order valence-electron chi connectivity index (χ1n) is 12.6. The molecule has 0 atom stereocenters. The number of amides is 2. The molecule has 2 aromatic heterocycles. The lowest BCUT2D eigenvalue weighted by Gasteiger charge is -2.27. The number of rotatable bonds is 6. The molecule has 1 fully saturated rings. The van der Waals surface area contributed by atoms with Gasteiger partial charge in [-0.3, -0.25) is 23.6 Å². The Bertz CT molecular complexity index is 1870. The van der Waals surface area contributed by atoms with Gasteiger partial charge in [0.15, 0.2) is 9.84 Å². The minimum atomic E-state index is -3.18. The van der Waals surface area contributed by atoms with Crippen LogP contribution < -0.4 is 10.9 Å². The van der Waals surface area contributed by atoms with E-state index in [1.54, 1.807) is 12.1 Å². The number of nitrogens with zero attached hydrogens (tertiary/aromatic N) is 5. The third-order valence-electron chi connectivity index (χ3n) is 6.86. The van der Waals surface area contributed by atoms with Gasteiger partial charge in [-0.05, 0) is 37.6 Å². The summed E-state index contributed by atoms with van der Waals surface area (Å²) in [6.45, 7) is 11.5. The first-order valence-corrected chi connectivity index (χ1v) is 14.5. The van der Waals surface area contributed by atoms with E-state index in [0.717, 1.165) is 26.6 Å². The molecule has 1 aliphatic heterocycles. The van der Waals surface area contributed by atoms with Crippen molar-refractivity contribution in [3.63, 3.8) is 0 Å². The average Bonchev–Trinajstić information content (AvgIpc) is 3.36. The van der Waals surface area contributed by atoms with Gasteiger partial charge in [0.2, 0.25) is 0 Å². The molecule has 3 heterocycles. The number of carbonyl (C=O) groups excluding carboxylic acids is 2. The zero-order valence-corrected chi connectivity index (χ0v) is 22.9. The van der Waals surface area contributed by atoms with Gasteiger partial charge in [-0.25, -0.2) is 13.4 Å². The van der Waals surface area contributed by atoms with Crippen molar-refractivity contribution in [3.05, 3.63) is 78.1 Å². The Balaban J connectivity index is 1.39. The fourth-order valence-corrected chi connectivity index (χ4v) is 5.73. The number of fused-ring (bicyclic) bond motifs is 2. The molecule has 2 aromatic carbocycles. The second-order valence-electron chi connectivity index (χ2n) is 9.92. The smallest absolute Gasteiger partial charge is 0.272 e. The predicted octanol–water partition coefficient (Wildman–Crippen LogP) is 2.35. The number of carbonyl (C=O) groups is 2. The van der Waals surface area contributed by atoms with Gasteiger partial charge >= 0.3 is 0 Å². The van der Waals surface area contributed by atoms with Crippen LogP contribution in [0, 0.1) is 0 Å². The van der Waals surface area contributed by atoms with Gasteiger partial charge in [0.1, 0.15) is 12.0 Å². The lowest BCUT2D eigenvalue weighted by molar-refractivity contribution is -0.128. The summed E-state index contributed by atoms with van der Waals surface area (Å²) in [4.78, 5) is 44.7. The van der Waals surface area contributed by atoms with Crippen molar-refractivity contribution in [3.8, 4) is 11.1 Å². The molecule has 1 saturated heterocycles. The molecule has 5 rings (SSSR count). The fourth-order valence-electron chi connectivity index (χ4n) is 4.53. The number of hydrogen-bond donors (Lipinski definition) is 1. The topological polar surface area (TPSA) is 136 Å². The maximum atomic E-state index is 13.4. The number of benzene rings is 2. The lowest BCUT2D eigenvalue weighted by atomic mass is 10.0. The van der Waals surface area contributed by atoms with Crippen LogP contribution in [0.15, 0.2) is 72.6 Å². The molecule has 0 saturated carbocycles. The summed E-state index contributed by atoms with van der Waals surface area (Å²) in [5, 5.41) is 8.20. The second-order valence-corrected chi connectivity index (χ2v) is 12.2. The zero-order chi connectivity index (χ0) is 28.8. The zero-order valence-electron chi connectivity index (χ0n) is 22.1. The highest BCUT2D eigenvalue weighted by molar-refractivity contribution is 7.91. The standard InChI is InChI=1S/C28H28N6O5S/c1-17(2)34-15-21-14-20(8-9-24(21)31-34)22-6-5-7-23-25(22)29-16-33(28(23)37)19(4)26(35)30-18(3)27(36)32-10-12-40(38,39)13-11-32/h5-9,14-17H,3-4,10-13H2,1-2H3,(H,30,35). The normalized spacial score (nSPS) is 14.9. The monoisotopic (exact) mass is 560 g/mol. The summed E-state index contributed by atoms with van der Waals surface area (Å²) in [7, 11) is -3.18. The van der Waals surface area contributed by atoms with E-state index in [-0.39, 0.29) is 47.4 Å². The van der Waals surface area contributed by atoms with Crippen LogP contribution in [0.4, 0.5) is 0 Å². The van der Waals surface area contributed by atoms with Gasteiger partial charge in [0.05, 0.1) is 33.6 Å². The Morgan fingerprint density at radius 2 is 1.80 bits per heavy atom. The van der Waals surface area contributed by atoms with E-state index in [1.165, 1.54) is 11.2 Å². The highest BCUT2D eigenvalue weighted by atomic mass is 32.2. The molecule has 11 nitrogen and oxygen atoms in total. The van der Waals surface area contributed by atoms with Gasteiger partial charge in [-0.1, -0.05) is 31.4 Å². The number of sulfone groups is 1. The number of aromatic nitrogens is 4. The molecule has 0 radical (unpaired) electrons. The molecule has 2 amide bonds. The molecule has 0 spiro atoms. The van der Waals surface area contributed by atoms with Gasteiger partial charge in [0.25, 0.3) is 17.4 Å². The minimum Gasteiger partial charge on any atom is -0.335 e. The number of hydrogen-bond acceptors (Lipinski definition) is 7. The first kappa shape index (κ1) is 27.0. The van der Waals surface area contributed by atoms with E-state index in [2.05, 4.69) is 42.4 Å². The molecule has 12 heteroatoms.